The molecule has 0 radical (unpaired) electrons. The fraction of sp³-hybridized carbons (Fsp3) is 0.765. The molecule has 4 fully saturated rings. The summed E-state index contributed by atoms with van der Waals surface area (Å²) in [7, 11) is 0. The van der Waals surface area contributed by atoms with Crippen LogP contribution in [0.15, 0.2) is 12.7 Å². The molecule has 2 unspecified atom stereocenters. The van der Waals surface area contributed by atoms with Gasteiger partial charge in [0.15, 0.2) is 0 Å². The quantitative estimate of drug-likeness (QED) is 0.336. The van der Waals surface area contributed by atoms with Gasteiger partial charge in [-0.3, -0.25) is 4.79 Å². The maximum Gasteiger partial charge on any atom is 0.330 e. The van der Waals surface area contributed by atoms with Crippen LogP contribution in [0.1, 0.15) is 44.9 Å². The molecule has 1 amide bonds. The van der Waals surface area contributed by atoms with E-state index < -0.39 is 11.6 Å². The highest BCUT2D eigenvalue weighted by Crippen LogP contribution is 2.59. The maximum absolute atomic E-state index is 11.6. The van der Waals surface area contributed by atoms with E-state index in [0.29, 0.717) is 37.8 Å². The van der Waals surface area contributed by atoms with Gasteiger partial charge in [0.2, 0.25) is 6.41 Å². The van der Waals surface area contributed by atoms with Crippen LogP contribution in [0, 0.1) is 11.8 Å². The summed E-state index contributed by atoms with van der Waals surface area (Å²) in [5, 5.41) is 10.8. The number of amides is 1. The van der Waals surface area contributed by atoms with Crippen molar-refractivity contribution < 1.29 is 19.4 Å². The van der Waals surface area contributed by atoms with Gasteiger partial charge in [0, 0.05) is 18.2 Å². The number of rotatable bonds is 7. The van der Waals surface area contributed by atoms with E-state index in [4.69, 9.17) is 4.74 Å². The normalized spacial score (nSPS) is 38.6. The molecular weight excluding hydrogens is 282 g/mol. The largest absolute Gasteiger partial charge is 0.462 e. The molecule has 4 rings (SSSR count). The van der Waals surface area contributed by atoms with Crippen molar-refractivity contribution in [3.8, 4) is 0 Å². The van der Waals surface area contributed by atoms with E-state index in [-0.39, 0.29) is 5.54 Å². The maximum atomic E-state index is 11.6. The van der Waals surface area contributed by atoms with Gasteiger partial charge in [-0.1, -0.05) is 6.58 Å². The Bertz CT molecular complexity index is 461. The molecule has 4 aliphatic carbocycles. The lowest BCUT2D eigenvalue weighted by Gasteiger charge is -2.62. The second-order valence-corrected chi connectivity index (χ2v) is 7.43. The van der Waals surface area contributed by atoms with Gasteiger partial charge in [-0.15, -0.1) is 0 Å². The molecule has 0 aromatic rings. The summed E-state index contributed by atoms with van der Waals surface area (Å²) < 4.78 is 4.98. The topological polar surface area (TPSA) is 66.8 Å². The summed E-state index contributed by atoms with van der Waals surface area (Å²) in [6.07, 6.45) is 8.41. The number of aliphatic hydroxyl groups is 1. The third-order valence-corrected chi connectivity index (χ3v) is 5.69. The van der Waals surface area contributed by atoms with Gasteiger partial charge in [-0.2, -0.15) is 0 Å². The van der Waals surface area contributed by atoms with Gasteiger partial charge in [0.1, 0.15) is 0 Å². The van der Waals surface area contributed by atoms with Crippen molar-refractivity contribution in [3.63, 3.8) is 0 Å². The van der Waals surface area contributed by atoms with E-state index in [0.717, 1.165) is 38.2 Å². The molecule has 2 atom stereocenters. The molecule has 0 aliphatic heterocycles. The van der Waals surface area contributed by atoms with E-state index in [2.05, 4.69) is 6.58 Å². The van der Waals surface area contributed by atoms with Crippen molar-refractivity contribution in [3.05, 3.63) is 12.7 Å². The Hall–Kier alpha value is -1.36. The minimum Gasteiger partial charge on any atom is -0.462 e. The van der Waals surface area contributed by atoms with Gasteiger partial charge in [0.05, 0.1) is 12.2 Å². The summed E-state index contributed by atoms with van der Waals surface area (Å²) in [6.45, 7) is 4.22. The lowest BCUT2D eigenvalue weighted by Crippen LogP contribution is -2.65. The van der Waals surface area contributed by atoms with Gasteiger partial charge in [0.25, 0.3) is 0 Å². The first kappa shape index (κ1) is 15.5. The Morgan fingerprint density at radius 3 is 2.55 bits per heavy atom. The standard InChI is InChI=1S/C17H25NO4/c1-2-15(20)22-5-3-4-18(12-19)16-7-13-6-14(8-16)10-17(21,9-13)11-16/h2,12-14,21H,1,3-11H2. The lowest BCUT2D eigenvalue weighted by atomic mass is 9.50. The van der Waals surface area contributed by atoms with Crippen molar-refractivity contribution in [1.29, 1.82) is 0 Å². The van der Waals surface area contributed by atoms with E-state index in [1.807, 2.05) is 4.90 Å². The highest BCUT2D eigenvalue weighted by molar-refractivity contribution is 5.81. The SMILES string of the molecule is C=CC(=O)OCCCN(C=O)C12CC3CC(CC(O)(C3)C1)C2. The fourth-order valence-corrected chi connectivity index (χ4v) is 5.37. The number of ether oxygens (including phenoxy) is 1. The zero-order chi connectivity index (χ0) is 15.8. The van der Waals surface area contributed by atoms with Crippen molar-refractivity contribution in [2.45, 2.75) is 56.1 Å². The molecule has 0 heterocycles. The highest BCUT2D eigenvalue weighted by Gasteiger charge is 2.59. The van der Waals surface area contributed by atoms with Crippen molar-refractivity contribution in [2.75, 3.05) is 13.2 Å². The van der Waals surface area contributed by atoms with E-state index in [1.54, 1.807) is 0 Å². The van der Waals surface area contributed by atoms with Crippen LogP contribution in [0.5, 0.6) is 0 Å². The van der Waals surface area contributed by atoms with Gasteiger partial charge < -0.3 is 14.7 Å². The summed E-state index contributed by atoms with van der Waals surface area (Å²) in [5.41, 5.74) is -0.746. The summed E-state index contributed by atoms with van der Waals surface area (Å²) in [4.78, 5) is 24.5. The minimum absolute atomic E-state index is 0.178. The molecule has 4 aliphatic rings. The van der Waals surface area contributed by atoms with Crippen LogP contribution in [-0.4, -0.2) is 46.7 Å². The van der Waals surface area contributed by atoms with Crippen molar-refractivity contribution in [1.82, 2.24) is 4.90 Å². The monoisotopic (exact) mass is 307 g/mol. The molecule has 0 aromatic heterocycles. The van der Waals surface area contributed by atoms with Crippen LogP contribution in [0.2, 0.25) is 0 Å². The lowest BCUT2D eigenvalue weighted by molar-refractivity contribution is -0.177. The van der Waals surface area contributed by atoms with Crippen LogP contribution in [-0.2, 0) is 14.3 Å². The fourth-order valence-electron chi connectivity index (χ4n) is 5.37. The van der Waals surface area contributed by atoms with Gasteiger partial charge >= 0.3 is 5.97 Å². The van der Waals surface area contributed by atoms with Gasteiger partial charge in [-0.25, -0.2) is 4.79 Å². The molecule has 5 nitrogen and oxygen atoms in total. The molecule has 5 heteroatoms. The third kappa shape index (κ3) is 2.78. The van der Waals surface area contributed by atoms with Crippen LogP contribution in [0.3, 0.4) is 0 Å². The summed E-state index contributed by atoms with van der Waals surface area (Å²) in [6, 6.07) is 0. The molecule has 0 spiro atoms. The number of hydrogen-bond donors (Lipinski definition) is 1. The average molecular weight is 307 g/mol. The third-order valence-electron chi connectivity index (χ3n) is 5.69. The summed E-state index contributed by atoms with van der Waals surface area (Å²) >= 11 is 0. The predicted molar refractivity (Wildman–Crippen MR) is 80.9 cm³/mol. The van der Waals surface area contributed by atoms with E-state index in [9.17, 15) is 14.7 Å². The smallest absolute Gasteiger partial charge is 0.330 e. The van der Waals surface area contributed by atoms with Crippen LogP contribution >= 0.6 is 0 Å². The van der Waals surface area contributed by atoms with Gasteiger partial charge in [-0.05, 0) is 56.8 Å². The van der Waals surface area contributed by atoms with E-state index in [1.165, 1.54) is 6.42 Å². The number of carbonyl (C=O) groups is 2. The molecule has 4 bridgehead atoms. The van der Waals surface area contributed by atoms with E-state index >= 15 is 0 Å². The van der Waals surface area contributed by atoms with Crippen molar-refractivity contribution >= 4 is 12.4 Å². The Kier molecular flexibility index (Phi) is 4.02. The first-order valence-electron chi connectivity index (χ1n) is 8.22. The second-order valence-electron chi connectivity index (χ2n) is 7.43. The molecule has 122 valence electrons. The first-order valence-corrected chi connectivity index (χ1v) is 8.22. The second kappa shape index (κ2) is 5.69. The Morgan fingerprint density at radius 2 is 2.00 bits per heavy atom. The molecule has 0 saturated heterocycles. The van der Waals surface area contributed by atoms with Crippen LogP contribution in [0.25, 0.3) is 0 Å². The number of carbonyl (C=O) groups excluding carboxylic acids is 2. The number of hydrogen-bond acceptors (Lipinski definition) is 4. The molecule has 1 N–H and O–H groups in total. The Morgan fingerprint density at radius 1 is 1.32 bits per heavy atom. The number of nitrogens with zero attached hydrogens (tertiary/aromatic N) is 1. The molecular formula is C17H25NO4. The zero-order valence-corrected chi connectivity index (χ0v) is 13.0. The zero-order valence-electron chi connectivity index (χ0n) is 13.0. The summed E-state index contributed by atoms with van der Waals surface area (Å²) in [5.74, 6) is 0.668. The van der Waals surface area contributed by atoms with Crippen molar-refractivity contribution in [2.24, 2.45) is 11.8 Å². The first-order chi connectivity index (χ1) is 10.5. The molecule has 22 heavy (non-hydrogen) atoms. The highest BCUT2D eigenvalue weighted by atomic mass is 16.5. The Balaban J connectivity index is 1.62. The predicted octanol–water partition coefficient (Wildman–Crippen LogP) is 1.65. The van der Waals surface area contributed by atoms with Crippen LogP contribution < -0.4 is 0 Å². The average Bonchev–Trinajstić information content (AvgIpc) is 2.44. The minimum atomic E-state index is -0.569. The molecule has 4 saturated carbocycles. The van der Waals surface area contributed by atoms with Crippen LogP contribution in [0.4, 0.5) is 0 Å². The Labute approximate surface area is 131 Å². The number of esters is 1. The molecule has 0 aromatic carbocycles.